The molecule has 3 rings (SSSR count). The summed E-state index contributed by atoms with van der Waals surface area (Å²) in [7, 11) is 0. The van der Waals surface area contributed by atoms with Crippen LogP contribution in [0, 0.1) is 17.6 Å². The largest absolute Gasteiger partial charge is 0.366 e. The molecule has 1 amide bonds. The van der Waals surface area contributed by atoms with Gasteiger partial charge in [0.05, 0.1) is 5.69 Å². The van der Waals surface area contributed by atoms with Crippen molar-refractivity contribution < 1.29 is 13.6 Å². The molecule has 126 valence electrons. The second kappa shape index (κ2) is 6.83. The number of carbonyl (C=O) groups excluding carboxylic acids is 1. The molecular formula is C17H23F2N3O. The van der Waals surface area contributed by atoms with E-state index < -0.39 is 11.6 Å². The van der Waals surface area contributed by atoms with E-state index in [9.17, 15) is 13.6 Å². The molecule has 1 saturated carbocycles. The Morgan fingerprint density at radius 2 is 1.87 bits per heavy atom. The molecule has 1 aromatic carbocycles. The van der Waals surface area contributed by atoms with Gasteiger partial charge in [0, 0.05) is 44.2 Å². The van der Waals surface area contributed by atoms with E-state index >= 15 is 0 Å². The van der Waals surface area contributed by atoms with Crippen molar-refractivity contribution in [3.63, 3.8) is 0 Å². The zero-order valence-electron chi connectivity index (χ0n) is 13.2. The number of anilines is 1. The Labute approximate surface area is 135 Å². The Morgan fingerprint density at radius 1 is 1.13 bits per heavy atom. The topological polar surface area (TPSA) is 49.6 Å². The molecule has 0 unspecified atom stereocenters. The maximum atomic E-state index is 13.8. The van der Waals surface area contributed by atoms with E-state index in [1.165, 1.54) is 6.07 Å². The van der Waals surface area contributed by atoms with Gasteiger partial charge in [-0.05, 0) is 31.4 Å². The molecule has 2 aliphatic rings. The minimum Gasteiger partial charge on any atom is -0.366 e. The van der Waals surface area contributed by atoms with Gasteiger partial charge >= 0.3 is 0 Å². The van der Waals surface area contributed by atoms with Crippen LogP contribution in [0.4, 0.5) is 14.5 Å². The summed E-state index contributed by atoms with van der Waals surface area (Å²) in [6.07, 6.45) is 3.67. The second-order valence-corrected chi connectivity index (χ2v) is 6.53. The summed E-state index contributed by atoms with van der Waals surface area (Å²) in [5.41, 5.74) is 6.24. The van der Waals surface area contributed by atoms with Crippen molar-refractivity contribution in [2.45, 2.75) is 31.7 Å². The predicted molar refractivity (Wildman–Crippen MR) is 85.1 cm³/mol. The smallest absolute Gasteiger partial charge is 0.225 e. The number of hydrogen-bond acceptors (Lipinski definition) is 3. The van der Waals surface area contributed by atoms with E-state index in [2.05, 4.69) is 0 Å². The summed E-state index contributed by atoms with van der Waals surface area (Å²) in [6, 6.07) is 3.60. The first-order valence-corrected chi connectivity index (χ1v) is 8.29. The van der Waals surface area contributed by atoms with Gasteiger partial charge in [0.25, 0.3) is 0 Å². The Balaban J connectivity index is 1.59. The van der Waals surface area contributed by atoms with Crippen LogP contribution in [-0.4, -0.2) is 43.0 Å². The van der Waals surface area contributed by atoms with Crippen molar-refractivity contribution in [1.29, 1.82) is 0 Å². The van der Waals surface area contributed by atoms with Gasteiger partial charge in [0.2, 0.25) is 5.91 Å². The molecule has 1 aromatic rings. The highest BCUT2D eigenvalue weighted by atomic mass is 19.1. The third kappa shape index (κ3) is 3.63. The average Bonchev–Trinajstić information content (AvgIpc) is 2.56. The van der Waals surface area contributed by atoms with Crippen molar-refractivity contribution in [2.24, 2.45) is 11.7 Å². The molecule has 2 N–H and O–H groups in total. The van der Waals surface area contributed by atoms with Gasteiger partial charge in [-0.1, -0.05) is 6.42 Å². The maximum Gasteiger partial charge on any atom is 0.225 e. The van der Waals surface area contributed by atoms with Crippen LogP contribution in [0.2, 0.25) is 0 Å². The lowest BCUT2D eigenvalue weighted by molar-refractivity contribution is -0.137. The molecule has 1 saturated heterocycles. The third-order valence-electron chi connectivity index (χ3n) is 4.90. The van der Waals surface area contributed by atoms with Gasteiger partial charge in [0.15, 0.2) is 0 Å². The highest BCUT2D eigenvalue weighted by molar-refractivity contribution is 5.79. The van der Waals surface area contributed by atoms with Crippen molar-refractivity contribution in [2.75, 3.05) is 31.1 Å². The lowest BCUT2D eigenvalue weighted by Gasteiger charge is -2.38. The number of halogens is 2. The molecule has 6 heteroatoms. The van der Waals surface area contributed by atoms with Gasteiger partial charge < -0.3 is 15.5 Å². The molecule has 4 nitrogen and oxygen atoms in total. The SMILES string of the molecule is N[C@@H]1CCC[C@H](C(=O)N2CCN(c3cc(F)ccc3F)CC2)C1. The number of amides is 1. The van der Waals surface area contributed by atoms with Crippen molar-refractivity contribution in [3.8, 4) is 0 Å². The van der Waals surface area contributed by atoms with Crippen LogP contribution >= 0.6 is 0 Å². The molecule has 1 aliphatic heterocycles. The van der Waals surface area contributed by atoms with Gasteiger partial charge in [0.1, 0.15) is 11.6 Å². The van der Waals surface area contributed by atoms with Gasteiger partial charge in [-0.15, -0.1) is 0 Å². The molecule has 2 atom stereocenters. The van der Waals surface area contributed by atoms with Gasteiger partial charge in [-0.25, -0.2) is 8.78 Å². The van der Waals surface area contributed by atoms with E-state index in [0.29, 0.717) is 26.2 Å². The lowest BCUT2D eigenvalue weighted by atomic mass is 9.85. The summed E-state index contributed by atoms with van der Waals surface area (Å²) in [5.74, 6) is -0.684. The third-order valence-corrected chi connectivity index (χ3v) is 4.90. The van der Waals surface area contributed by atoms with Crippen LogP contribution in [0.25, 0.3) is 0 Å². The highest BCUT2D eigenvalue weighted by Gasteiger charge is 2.31. The molecule has 0 bridgehead atoms. The molecule has 23 heavy (non-hydrogen) atoms. The monoisotopic (exact) mass is 323 g/mol. The van der Waals surface area contributed by atoms with E-state index in [1.54, 1.807) is 4.90 Å². The average molecular weight is 323 g/mol. The summed E-state index contributed by atoms with van der Waals surface area (Å²) < 4.78 is 27.2. The first kappa shape index (κ1) is 16.2. The van der Waals surface area contributed by atoms with E-state index in [4.69, 9.17) is 5.73 Å². The second-order valence-electron chi connectivity index (χ2n) is 6.53. The first-order valence-electron chi connectivity index (χ1n) is 8.29. The number of piperazine rings is 1. The van der Waals surface area contributed by atoms with Crippen LogP contribution in [-0.2, 0) is 4.79 Å². The Bertz CT molecular complexity index is 573. The van der Waals surface area contributed by atoms with E-state index in [-0.39, 0.29) is 23.6 Å². The van der Waals surface area contributed by atoms with Crippen molar-refractivity contribution in [1.82, 2.24) is 4.90 Å². The molecule has 1 heterocycles. The fraction of sp³-hybridized carbons (Fsp3) is 0.588. The standard InChI is InChI=1S/C17H23F2N3O/c18-13-4-5-15(19)16(11-13)21-6-8-22(9-7-21)17(23)12-2-1-3-14(20)10-12/h4-5,11-12,14H,1-3,6-10,20H2/t12-,14+/m0/s1. The zero-order valence-corrected chi connectivity index (χ0v) is 13.2. The minimum absolute atomic E-state index is 0.0243. The van der Waals surface area contributed by atoms with Crippen LogP contribution < -0.4 is 10.6 Å². The lowest BCUT2D eigenvalue weighted by Crippen LogP contribution is -2.51. The summed E-state index contributed by atoms with van der Waals surface area (Å²) >= 11 is 0. The number of nitrogens with two attached hydrogens (primary N) is 1. The molecule has 0 radical (unpaired) electrons. The van der Waals surface area contributed by atoms with Crippen LogP contribution in [0.15, 0.2) is 18.2 Å². The number of rotatable bonds is 2. The fourth-order valence-electron chi connectivity index (χ4n) is 3.61. The van der Waals surface area contributed by atoms with Crippen LogP contribution in [0.5, 0.6) is 0 Å². The Hall–Kier alpha value is -1.69. The van der Waals surface area contributed by atoms with Gasteiger partial charge in [-0.2, -0.15) is 0 Å². The summed E-state index contributed by atoms with van der Waals surface area (Å²) in [5, 5.41) is 0. The fourth-order valence-corrected chi connectivity index (χ4v) is 3.61. The maximum absolute atomic E-state index is 13.8. The molecule has 2 fully saturated rings. The number of nitrogens with zero attached hydrogens (tertiary/aromatic N) is 2. The summed E-state index contributed by atoms with van der Waals surface area (Å²) in [4.78, 5) is 16.2. The van der Waals surface area contributed by atoms with E-state index in [1.807, 2.05) is 4.90 Å². The first-order chi connectivity index (χ1) is 11.0. The Kier molecular flexibility index (Phi) is 4.80. The normalized spacial score (nSPS) is 25.5. The molecule has 0 aromatic heterocycles. The number of carbonyl (C=O) groups is 1. The number of benzene rings is 1. The molecular weight excluding hydrogens is 300 g/mol. The van der Waals surface area contributed by atoms with Gasteiger partial charge in [-0.3, -0.25) is 4.79 Å². The number of hydrogen-bond donors (Lipinski definition) is 1. The minimum atomic E-state index is -0.448. The van der Waals surface area contributed by atoms with E-state index in [0.717, 1.165) is 37.8 Å². The van der Waals surface area contributed by atoms with Crippen LogP contribution in [0.3, 0.4) is 0 Å². The molecule has 1 aliphatic carbocycles. The quantitative estimate of drug-likeness (QED) is 0.907. The van der Waals surface area contributed by atoms with Crippen LogP contribution in [0.1, 0.15) is 25.7 Å². The Morgan fingerprint density at radius 3 is 2.57 bits per heavy atom. The highest BCUT2D eigenvalue weighted by Crippen LogP contribution is 2.26. The summed E-state index contributed by atoms with van der Waals surface area (Å²) in [6.45, 7) is 2.12. The predicted octanol–water partition coefficient (Wildman–Crippen LogP) is 2.13. The van der Waals surface area contributed by atoms with Crippen molar-refractivity contribution >= 4 is 11.6 Å². The molecule has 0 spiro atoms. The van der Waals surface area contributed by atoms with Crippen molar-refractivity contribution in [3.05, 3.63) is 29.8 Å². The zero-order chi connectivity index (χ0) is 16.4.